The van der Waals surface area contributed by atoms with E-state index in [4.69, 9.17) is 0 Å². The average Bonchev–Trinajstić information content (AvgIpc) is 3.24. The molecule has 0 aliphatic carbocycles. The smallest absolute Gasteiger partial charge is 0.234 e. The number of nitrogens with zero attached hydrogens (tertiary/aromatic N) is 3. The molecule has 144 valence electrons. The Morgan fingerprint density at radius 1 is 1.07 bits per heavy atom. The van der Waals surface area contributed by atoms with Crippen molar-refractivity contribution in [3.63, 3.8) is 0 Å². The zero-order valence-electron chi connectivity index (χ0n) is 14.3. The summed E-state index contributed by atoms with van der Waals surface area (Å²) in [4.78, 5) is 4.44. The van der Waals surface area contributed by atoms with Crippen LogP contribution in [0.2, 0.25) is 0 Å². The van der Waals surface area contributed by atoms with Gasteiger partial charge in [-0.25, -0.2) is 31.3 Å². The first-order valence-corrected chi connectivity index (χ1v) is 10.7. The monoisotopic (exact) mass is 423 g/mol. The number of halogens is 3. The first-order chi connectivity index (χ1) is 13.2. The normalized spacial score (nSPS) is 12.2. The Labute approximate surface area is 162 Å². The van der Waals surface area contributed by atoms with Crippen molar-refractivity contribution in [2.75, 3.05) is 6.26 Å². The standard InChI is InChI=1S/C18H12F3N3O2S2/c1-28(25,26)12-5-3-11(4-6-12)24-15(9-14(23-24)17(20)21)18-22-13-8-10(19)2-7-16(13)27-18/h2-9,17H,1H3. The molecule has 0 aliphatic rings. The van der Waals surface area contributed by atoms with Gasteiger partial charge in [0.25, 0.3) is 6.43 Å². The van der Waals surface area contributed by atoms with Gasteiger partial charge in [0.05, 0.1) is 20.8 Å². The van der Waals surface area contributed by atoms with Gasteiger partial charge in [0.1, 0.15) is 22.2 Å². The van der Waals surface area contributed by atoms with Crippen LogP contribution in [0.5, 0.6) is 0 Å². The Balaban J connectivity index is 1.87. The molecule has 0 radical (unpaired) electrons. The lowest BCUT2D eigenvalue weighted by Gasteiger charge is -2.06. The van der Waals surface area contributed by atoms with Crippen molar-refractivity contribution in [3.8, 4) is 16.4 Å². The Morgan fingerprint density at radius 3 is 2.43 bits per heavy atom. The number of aromatic nitrogens is 3. The van der Waals surface area contributed by atoms with Gasteiger partial charge in [0.2, 0.25) is 0 Å². The van der Waals surface area contributed by atoms with Crippen LogP contribution in [0, 0.1) is 5.82 Å². The number of fused-ring (bicyclic) bond motifs is 1. The van der Waals surface area contributed by atoms with Crippen molar-refractivity contribution in [2.24, 2.45) is 0 Å². The minimum absolute atomic E-state index is 0.106. The predicted molar refractivity (Wildman–Crippen MR) is 100 cm³/mol. The van der Waals surface area contributed by atoms with E-state index in [1.165, 1.54) is 58.5 Å². The maximum atomic E-state index is 13.4. The molecule has 4 rings (SSSR count). The number of sulfone groups is 1. The molecule has 10 heteroatoms. The molecule has 0 atom stereocenters. The lowest BCUT2D eigenvalue weighted by molar-refractivity contribution is 0.145. The maximum absolute atomic E-state index is 13.4. The van der Waals surface area contributed by atoms with Crippen molar-refractivity contribution < 1.29 is 21.6 Å². The Hall–Kier alpha value is -2.72. The molecule has 5 nitrogen and oxygen atoms in total. The van der Waals surface area contributed by atoms with E-state index in [-0.39, 0.29) is 4.90 Å². The van der Waals surface area contributed by atoms with Gasteiger partial charge in [-0.1, -0.05) is 0 Å². The van der Waals surface area contributed by atoms with Crippen LogP contribution < -0.4 is 0 Å². The van der Waals surface area contributed by atoms with Crippen molar-refractivity contribution in [3.05, 3.63) is 60.0 Å². The zero-order chi connectivity index (χ0) is 20.1. The lowest BCUT2D eigenvalue weighted by Crippen LogP contribution is -2.02. The summed E-state index contributed by atoms with van der Waals surface area (Å²) in [7, 11) is -3.39. The summed E-state index contributed by atoms with van der Waals surface area (Å²) < 4.78 is 65.2. The quantitative estimate of drug-likeness (QED) is 0.480. The first kappa shape index (κ1) is 18.6. The average molecular weight is 423 g/mol. The van der Waals surface area contributed by atoms with E-state index in [0.717, 1.165) is 6.26 Å². The maximum Gasteiger partial charge on any atom is 0.282 e. The number of thiazole rings is 1. The molecular weight excluding hydrogens is 411 g/mol. The van der Waals surface area contributed by atoms with Crippen LogP contribution >= 0.6 is 11.3 Å². The van der Waals surface area contributed by atoms with Crippen LogP contribution in [0.1, 0.15) is 12.1 Å². The summed E-state index contributed by atoms with van der Waals surface area (Å²) in [5, 5.41) is 4.34. The predicted octanol–water partition coefficient (Wildman–Crippen LogP) is 4.63. The number of benzene rings is 2. The van der Waals surface area contributed by atoms with Crippen LogP contribution in [0.25, 0.3) is 26.6 Å². The van der Waals surface area contributed by atoms with Gasteiger partial charge in [0.15, 0.2) is 9.84 Å². The molecule has 0 amide bonds. The molecule has 2 heterocycles. The molecule has 2 aromatic carbocycles. The van der Waals surface area contributed by atoms with E-state index < -0.39 is 27.8 Å². The van der Waals surface area contributed by atoms with Crippen LogP contribution in [-0.4, -0.2) is 29.4 Å². The van der Waals surface area contributed by atoms with Crippen molar-refractivity contribution in [2.45, 2.75) is 11.3 Å². The summed E-state index contributed by atoms with van der Waals surface area (Å²) in [6, 6.07) is 11.1. The fourth-order valence-electron chi connectivity index (χ4n) is 2.70. The summed E-state index contributed by atoms with van der Waals surface area (Å²) in [5.41, 5.74) is 0.690. The van der Waals surface area contributed by atoms with Gasteiger partial charge >= 0.3 is 0 Å². The van der Waals surface area contributed by atoms with Crippen LogP contribution in [0.3, 0.4) is 0 Å². The Morgan fingerprint density at radius 2 is 1.79 bits per heavy atom. The van der Waals surface area contributed by atoms with Crippen molar-refractivity contribution in [1.82, 2.24) is 14.8 Å². The van der Waals surface area contributed by atoms with Crippen LogP contribution in [0.15, 0.2) is 53.4 Å². The van der Waals surface area contributed by atoms with E-state index >= 15 is 0 Å². The van der Waals surface area contributed by atoms with Crippen molar-refractivity contribution in [1.29, 1.82) is 0 Å². The van der Waals surface area contributed by atoms with Gasteiger partial charge < -0.3 is 0 Å². The fourth-order valence-corrected chi connectivity index (χ4v) is 4.28. The highest BCUT2D eigenvalue weighted by molar-refractivity contribution is 7.90. The second-order valence-electron chi connectivity index (χ2n) is 6.06. The van der Waals surface area contributed by atoms with Gasteiger partial charge in [-0.15, -0.1) is 11.3 Å². The Bertz CT molecular complexity index is 1280. The third-order valence-corrected chi connectivity index (χ3v) is 6.22. The minimum Gasteiger partial charge on any atom is -0.234 e. The molecule has 0 saturated carbocycles. The third kappa shape index (κ3) is 3.40. The van der Waals surface area contributed by atoms with Gasteiger partial charge in [-0.2, -0.15) is 5.10 Å². The summed E-state index contributed by atoms with van der Waals surface area (Å²) in [6.45, 7) is 0. The number of hydrogen-bond acceptors (Lipinski definition) is 5. The topological polar surface area (TPSA) is 64.8 Å². The van der Waals surface area contributed by atoms with Gasteiger partial charge in [-0.3, -0.25) is 0 Å². The highest BCUT2D eigenvalue weighted by atomic mass is 32.2. The fraction of sp³-hybridized carbons (Fsp3) is 0.111. The molecule has 0 bridgehead atoms. The van der Waals surface area contributed by atoms with E-state index in [2.05, 4.69) is 10.1 Å². The molecule has 0 N–H and O–H groups in total. The molecule has 0 unspecified atom stereocenters. The van der Waals surface area contributed by atoms with Gasteiger partial charge in [0, 0.05) is 12.3 Å². The van der Waals surface area contributed by atoms with Crippen LogP contribution in [-0.2, 0) is 9.84 Å². The first-order valence-electron chi connectivity index (χ1n) is 7.97. The van der Waals surface area contributed by atoms with E-state index in [9.17, 15) is 21.6 Å². The largest absolute Gasteiger partial charge is 0.282 e. The molecule has 0 saturated heterocycles. The molecule has 0 aliphatic heterocycles. The minimum atomic E-state index is -3.39. The molecule has 28 heavy (non-hydrogen) atoms. The third-order valence-electron chi connectivity index (χ3n) is 4.03. The number of rotatable bonds is 4. The van der Waals surface area contributed by atoms with Gasteiger partial charge in [-0.05, 0) is 42.5 Å². The SMILES string of the molecule is CS(=O)(=O)c1ccc(-n2nc(C(F)F)cc2-c2nc3cc(F)ccc3s2)cc1. The number of alkyl halides is 2. The van der Waals surface area contributed by atoms with E-state index in [1.807, 2.05) is 0 Å². The second kappa shape index (κ2) is 6.71. The molecule has 2 aromatic heterocycles. The highest BCUT2D eigenvalue weighted by Crippen LogP contribution is 2.34. The Kier molecular flexibility index (Phi) is 4.47. The van der Waals surface area contributed by atoms with Crippen LogP contribution in [0.4, 0.5) is 13.2 Å². The summed E-state index contributed by atoms with van der Waals surface area (Å²) >= 11 is 1.22. The molecule has 0 fully saturated rings. The second-order valence-corrected chi connectivity index (χ2v) is 9.11. The molecule has 4 aromatic rings. The van der Waals surface area contributed by atoms with E-state index in [1.54, 1.807) is 6.07 Å². The summed E-state index contributed by atoms with van der Waals surface area (Å²) in [5.74, 6) is -0.442. The number of hydrogen-bond donors (Lipinski definition) is 0. The lowest BCUT2D eigenvalue weighted by atomic mass is 10.3. The zero-order valence-corrected chi connectivity index (χ0v) is 15.9. The van der Waals surface area contributed by atoms with Crippen molar-refractivity contribution >= 4 is 31.4 Å². The molecular formula is C18H12F3N3O2S2. The summed E-state index contributed by atoms with van der Waals surface area (Å²) in [6.07, 6.45) is -1.71. The van der Waals surface area contributed by atoms with E-state index in [0.29, 0.717) is 26.6 Å². The molecule has 0 spiro atoms. The highest BCUT2D eigenvalue weighted by Gasteiger charge is 2.20.